The number of aromatic hydroxyl groups is 2. The molecule has 19 nitrogen and oxygen atoms in total. The van der Waals surface area contributed by atoms with Gasteiger partial charge in [0.1, 0.15) is 89.3 Å². The van der Waals surface area contributed by atoms with E-state index < -0.39 is 122 Å². The predicted molar refractivity (Wildman–Crippen MR) is 165 cm³/mol. The Hall–Kier alpha value is -3.67. The molecule has 0 unspecified atom stereocenters. The van der Waals surface area contributed by atoms with Gasteiger partial charge in [0.25, 0.3) is 0 Å². The number of aliphatic hydroxyl groups is 9. The van der Waals surface area contributed by atoms with Crippen LogP contribution >= 0.6 is 0 Å². The van der Waals surface area contributed by atoms with E-state index in [4.69, 9.17) is 32.8 Å². The molecule has 280 valence electrons. The van der Waals surface area contributed by atoms with Gasteiger partial charge < -0.3 is 89.0 Å². The van der Waals surface area contributed by atoms with Crippen molar-refractivity contribution in [3.05, 3.63) is 46.6 Å². The van der Waals surface area contributed by atoms with Gasteiger partial charge in [-0.15, -0.1) is 0 Å². The molecule has 0 bridgehead atoms. The minimum absolute atomic E-state index is 0.139. The molecule has 0 saturated carbocycles. The lowest BCUT2D eigenvalue weighted by molar-refractivity contribution is -0.318. The lowest BCUT2D eigenvalue weighted by Crippen LogP contribution is -2.61. The molecule has 51 heavy (non-hydrogen) atoms. The summed E-state index contributed by atoms with van der Waals surface area (Å²) in [6.07, 6.45) is -22.0. The van der Waals surface area contributed by atoms with Gasteiger partial charge in [-0.25, -0.2) is 0 Å². The third-order valence-electron chi connectivity index (χ3n) is 8.92. The summed E-state index contributed by atoms with van der Waals surface area (Å²) in [6, 6.07) is 7.37. The minimum atomic E-state index is -1.98. The maximum absolute atomic E-state index is 14.0. The SMILES string of the molecule is C[C@@H]1O[C@@H](OC[C@H]2O[C@@H](Oc3c(-c4ccc(O)cc4)oc4cc(O[C@@H]5O[C@@H](CO)[C@H](O)[C@H]5O)cc(O)c4c3=O)[C@H](O)[C@@H](O)[C@H]2O)[C@H](O)[C@H](O)[C@H]1O. The molecule has 3 aromatic rings. The first-order chi connectivity index (χ1) is 24.2. The summed E-state index contributed by atoms with van der Waals surface area (Å²) < 4.78 is 39.2. The molecule has 11 N–H and O–H groups in total. The van der Waals surface area contributed by atoms with Crippen molar-refractivity contribution in [3.8, 4) is 34.3 Å². The van der Waals surface area contributed by atoms with E-state index in [1.165, 1.54) is 31.2 Å². The van der Waals surface area contributed by atoms with Crippen LogP contribution in [0.1, 0.15) is 6.92 Å². The highest BCUT2D eigenvalue weighted by atomic mass is 16.7. The van der Waals surface area contributed by atoms with Crippen LogP contribution in [-0.4, -0.2) is 155 Å². The number of hydrogen-bond acceptors (Lipinski definition) is 19. The van der Waals surface area contributed by atoms with Gasteiger partial charge in [-0.2, -0.15) is 0 Å². The highest BCUT2D eigenvalue weighted by Crippen LogP contribution is 2.39. The van der Waals surface area contributed by atoms with Gasteiger partial charge in [0.05, 0.1) is 19.3 Å². The third kappa shape index (κ3) is 7.09. The number of rotatable bonds is 9. The molecule has 3 aliphatic rings. The van der Waals surface area contributed by atoms with E-state index in [1.54, 1.807) is 0 Å². The number of fused-ring (bicyclic) bond motifs is 1. The second-order valence-electron chi connectivity index (χ2n) is 12.4. The molecule has 14 atom stereocenters. The number of benzene rings is 2. The van der Waals surface area contributed by atoms with E-state index in [2.05, 4.69) is 0 Å². The van der Waals surface area contributed by atoms with Crippen LogP contribution in [0.3, 0.4) is 0 Å². The zero-order valence-electron chi connectivity index (χ0n) is 26.6. The Kier molecular flexibility index (Phi) is 10.7. The summed E-state index contributed by atoms with van der Waals surface area (Å²) in [5.41, 5.74) is -1.16. The largest absolute Gasteiger partial charge is 0.508 e. The molecule has 2 aromatic carbocycles. The smallest absolute Gasteiger partial charge is 0.239 e. The van der Waals surface area contributed by atoms with E-state index in [0.29, 0.717) is 0 Å². The fourth-order valence-corrected chi connectivity index (χ4v) is 5.94. The standard InChI is InChI=1S/C32H38O19/c1-10-19(36)23(40)26(43)30(46-10)45-9-17-21(38)24(41)27(44)32(50-17)51-29-22(39)18-14(35)6-13(47-31-25(42)20(37)16(8-33)49-31)7-15(18)48-28(29)11-2-4-12(34)5-3-11/h2-7,10,16-17,19-21,23-27,30-38,40-44H,8-9H2,1H3/t10-,16-,17+,19-,20-,21-,23+,24-,25+,26+,27+,30+,31+,32-/m0/s1. The number of aliphatic hydroxyl groups excluding tert-OH is 9. The topological polar surface area (TPSA) is 308 Å². The van der Waals surface area contributed by atoms with Gasteiger partial charge >= 0.3 is 0 Å². The van der Waals surface area contributed by atoms with Crippen LogP contribution in [-0.2, 0) is 18.9 Å². The van der Waals surface area contributed by atoms with Crippen molar-refractivity contribution in [3.63, 3.8) is 0 Å². The third-order valence-corrected chi connectivity index (χ3v) is 8.92. The van der Waals surface area contributed by atoms with Gasteiger partial charge in [-0.1, -0.05) is 0 Å². The molecular weight excluding hydrogens is 688 g/mol. The Balaban J connectivity index is 1.31. The fraction of sp³-hybridized carbons (Fsp3) is 0.531. The van der Waals surface area contributed by atoms with E-state index in [9.17, 15) is 61.0 Å². The first kappa shape index (κ1) is 37.1. The molecule has 19 heteroatoms. The Bertz CT molecular complexity index is 1730. The first-order valence-electron chi connectivity index (χ1n) is 15.8. The van der Waals surface area contributed by atoms with Crippen molar-refractivity contribution in [2.45, 2.75) is 92.9 Å². The molecule has 3 saturated heterocycles. The van der Waals surface area contributed by atoms with Crippen molar-refractivity contribution >= 4 is 11.0 Å². The molecule has 3 fully saturated rings. The van der Waals surface area contributed by atoms with Crippen LogP contribution in [0.25, 0.3) is 22.3 Å². The Morgan fingerprint density at radius 1 is 0.686 bits per heavy atom. The molecule has 0 spiro atoms. The highest BCUT2D eigenvalue weighted by Gasteiger charge is 2.48. The summed E-state index contributed by atoms with van der Waals surface area (Å²) in [4.78, 5) is 14.0. The van der Waals surface area contributed by atoms with E-state index >= 15 is 0 Å². The van der Waals surface area contributed by atoms with Crippen LogP contribution in [0.5, 0.6) is 23.0 Å². The van der Waals surface area contributed by atoms with Crippen molar-refractivity contribution in [1.82, 2.24) is 0 Å². The number of hydrogen-bond donors (Lipinski definition) is 11. The zero-order chi connectivity index (χ0) is 36.9. The molecule has 0 radical (unpaired) electrons. The van der Waals surface area contributed by atoms with Gasteiger partial charge in [-0.05, 0) is 31.2 Å². The lowest BCUT2D eigenvalue weighted by Gasteiger charge is -2.42. The molecule has 1 aromatic heterocycles. The van der Waals surface area contributed by atoms with Crippen LogP contribution in [0.4, 0.5) is 0 Å². The normalized spacial score (nSPS) is 37.1. The molecule has 4 heterocycles. The van der Waals surface area contributed by atoms with Crippen LogP contribution < -0.4 is 14.9 Å². The Labute approximate surface area is 287 Å². The fourth-order valence-electron chi connectivity index (χ4n) is 5.94. The van der Waals surface area contributed by atoms with Crippen molar-refractivity contribution in [1.29, 1.82) is 0 Å². The number of phenols is 2. The summed E-state index contributed by atoms with van der Waals surface area (Å²) in [5.74, 6) is -2.00. The second kappa shape index (κ2) is 14.8. The van der Waals surface area contributed by atoms with Crippen molar-refractivity contribution < 1.29 is 89.0 Å². The Morgan fingerprint density at radius 3 is 1.94 bits per heavy atom. The zero-order valence-corrected chi connectivity index (χ0v) is 26.6. The van der Waals surface area contributed by atoms with Gasteiger partial charge in [0, 0.05) is 17.7 Å². The van der Waals surface area contributed by atoms with E-state index in [1.807, 2.05) is 0 Å². The molecular formula is C32H38O19. The average molecular weight is 727 g/mol. The quantitative estimate of drug-likeness (QED) is 0.103. The summed E-state index contributed by atoms with van der Waals surface area (Å²) in [5, 5.41) is 113. The first-order valence-corrected chi connectivity index (χ1v) is 15.8. The summed E-state index contributed by atoms with van der Waals surface area (Å²) in [7, 11) is 0. The van der Waals surface area contributed by atoms with E-state index in [0.717, 1.165) is 12.1 Å². The maximum Gasteiger partial charge on any atom is 0.239 e. The summed E-state index contributed by atoms with van der Waals surface area (Å²) in [6.45, 7) is 0.189. The van der Waals surface area contributed by atoms with Gasteiger partial charge in [0.15, 0.2) is 12.1 Å². The Morgan fingerprint density at radius 2 is 1.27 bits per heavy atom. The summed E-state index contributed by atoms with van der Waals surface area (Å²) >= 11 is 0. The maximum atomic E-state index is 14.0. The molecule has 0 amide bonds. The van der Waals surface area contributed by atoms with Crippen LogP contribution in [0.2, 0.25) is 0 Å². The molecule has 3 aliphatic heterocycles. The van der Waals surface area contributed by atoms with Crippen LogP contribution in [0.15, 0.2) is 45.6 Å². The van der Waals surface area contributed by atoms with Crippen molar-refractivity contribution in [2.75, 3.05) is 13.2 Å². The lowest BCUT2D eigenvalue weighted by atomic mass is 9.98. The van der Waals surface area contributed by atoms with E-state index in [-0.39, 0.29) is 28.4 Å². The predicted octanol–water partition coefficient (Wildman–Crippen LogP) is -3.28. The minimum Gasteiger partial charge on any atom is -0.508 e. The molecule has 6 rings (SSSR count). The second-order valence-corrected chi connectivity index (χ2v) is 12.4. The highest BCUT2D eigenvalue weighted by molar-refractivity contribution is 5.88. The molecule has 0 aliphatic carbocycles. The average Bonchev–Trinajstić information content (AvgIpc) is 3.37. The van der Waals surface area contributed by atoms with Crippen LogP contribution in [0, 0.1) is 0 Å². The monoisotopic (exact) mass is 726 g/mol. The van der Waals surface area contributed by atoms with Crippen molar-refractivity contribution in [2.24, 2.45) is 0 Å². The van der Waals surface area contributed by atoms with Gasteiger partial charge in [-0.3, -0.25) is 4.79 Å². The number of phenolic OH excluding ortho intramolecular Hbond substituents is 2. The van der Waals surface area contributed by atoms with Gasteiger partial charge in [0.2, 0.25) is 23.8 Å². The number of ether oxygens (including phenoxy) is 6.